The van der Waals surface area contributed by atoms with E-state index >= 15 is 0 Å². The van der Waals surface area contributed by atoms with E-state index in [9.17, 15) is 0 Å². The third-order valence-corrected chi connectivity index (χ3v) is 12.8. The first-order valence-electron chi connectivity index (χ1n) is 5.96. The van der Waals surface area contributed by atoms with E-state index in [1.54, 1.807) is 9.95 Å². The Bertz CT molecular complexity index is 157. The molecule has 0 aromatic rings. The van der Waals surface area contributed by atoms with Crippen LogP contribution in [0.15, 0.2) is 0 Å². The molecule has 1 nitrogen and oxygen atoms in total. The molecule has 0 aromatic carbocycles. The molecule has 1 aliphatic rings. The van der Waals surface area contributed by atoms with Crippen LogP contribution in [0.4, 0.5) is 0 Å². The van der Waals surface area contributed by atoms with Crippen LogP contribution in [0.1, 0.15) is 41.5 Å². The molecule has 82 valence electrons. The molecule has 1 fully saturated rings. The van der Waals surface area contributed by atoms with Crippen LogP contribution in [0.5, 0.6) is 0 Å². The SMILES string of the molecule is CC(C)(C)N1C[CH2][Ga]([C](C)(C)C)[CH2]C1. The second-order valence-corrected chi connectivity index (χ2v) is 15.8. The molecule has 0 unspecified atom stereocenters. The Kier molecular flexibility index (Phi) is 3.82. The van der Waals surface area contributed by atoms with Crippen molar-refractivity contribution in [2.24, 2.45) is 0 Å². The monoisotopic (exact) mass is 253 g/mol. The molecule has 1 saturated heterocycles. The van der Waals surface area contributed by atoms with E-state index in [0.29, 0.717) is 9.51 Å². The van der Waals surface area contributed by atoms with Gasteiger partial charge in [0, 0.05) is 0 Å². The molecule has 1 aliphatic heterocycles. The maximum atomic E-state index is 2.67. The van der Waals surface area contributed by atoms with E-state index in [2.05, 4.69) is 46.4 Å². The molecule has 0 aromatic heterocycles. The zero-order valence-corrected chi connectivity index (χ0v) is 13.3. The standard InChI is InChI=1S/C8H17N.C4H9.Ga/c1-6-9(7-2)8(3,4)5;1-4(2)3;/h1-2,6-7H2,3-5H3;1-3H3;. The minimum atomic E-state index is -0.951. The zero-order valence-electron chi connectivity index (χ0n) is 10.9. The van der Waals surface area contributed by atoms with Crippen LogP contribution < -0.4 is 0 Å². The third kappa shape index (κ3) is 3.32. The molecule has 1 rings (SSSR count). The molecule has 0 saturated carbocycles. The van der Waals surface area contributed by atoms with Crippen molar-refractivity contribution < 1.29 is 0 Å². The fourth-order valence-electron chi connectivity index (χ4n) is 2.42. The first kappa shape index (κ1) is 12.7. The Balaban J connectivity index is 2.47. The Morgan fingerprint density at radius 2 is 1.29 bits per heavy atom. The van der Waals surface area contributed by atoms with Crippen LogP contribution in [0.2, 0.25) is 13.9 Å². The number of rotatable bonds is 0. The van der Waals surface area contributed by atoms with Gasteiger partial charge in [0.15, 0.2) is 0 Å². The summed E-state index contributed by atoms with van der Waals surface area (Å²) in [5, 5.41) is 0. The Morgan fingerprint density at radius 3 is 1.57 bits per heavy atom. The third-order valence-electron chi connectivity index (χ3n) is 3.67. The summed E-state index contributed by atoms with van der Waals surface area (Å²) in [6.45, 7) is 17.2. The van der Waals surface area contributed by atoms with Crippen molar-refractivity contribution in [2.75, 3.05) is 13.1 Å². The molecule has 0 N–H and O–H groups in total. The summed E-state index contributed by atoms with van der Waals surface area (Å²) in [4.78, 5) is 5.79. The molecule has 2 heteroatoms. The average molecular weight is 254 g/mol. The van der Waals surface area contributed by atoms with Crippen molar-refractivity contribution in [1.82, 2.24) is 4.90 Å². The normalized spacial score (nSPS) is 21.4. The van der Waals surface area contributed by atoms with Crippen molar-refractivity contribution >= 4 is 16.2 Å². The summed E-state index contributed by atoms with van der Waals surface area (Å²) in [5.74, 6) is 0. The van der Waals surface area contributed by atoms with Crippen LogP contribution in [0, 0.1) is 0 Å². The molecule has 0 radical (unpaired) electrons. The minimum absolute atomic E-state index is 0.394. The van der Waals surface area contributed by atoms with Gasteiger partial charge < -0.3 is 0 Å². The molecular weight excluding hydrogens is 228 g/mol. The Hall–Kier alpha value is 0.596. The topological polar surface area (TPSA) is 3.24 Å². The number of hydrogen-bond donors (Lipinski definition) is 0. The molecule has 0 bridgehead atoms. The van der Waals surface area contributed by atoms with E-state index < -0.39 is 16.2 Å². The van der Waals surface area contributed by atoms with E-state index in [-0.39, 0.29) is 0 Å². The summed E-state index contributed by atoms with van der Waals surface area (Å²) >= 11 is -0.951. The molecule has 0 spiro atoms. The van der Waals surface area contributed by atoms with Crippen LogP contribution in [0.25, 0.3) is 0 Å². The maximum absolute atomic E-state index is 2.67. The van der Waals surface area contributed by atoms with Gasteiger partial charge in [-0.25, -0.2) is 0 Å². The van der Waals surface area contributed by atoms with Crippen molar-refractivity contribution in [1.29, 1.82) is 0 Å². The van der Waals surface area contributed by atoms with Gasteiger partial charge in [-0.15, -0.1) is 0 Å². The summed E-state index contributed by atoms with van der Waals surface area (Å²) in [5.41, 5.74) is 0.394. The molecule has 1 heterocycles. The van der Waals surface area contributed by atoms with E-state index in [1.165, 1.54) is 13.1 Å². The number of hydrogen-bond acceptors (Lipinski definition) is 1. The van der Waals surface area contributed by atoms with Gasteiger partial charge in [-0.3, -0.25) is 0 Å². The summed E-state index contributed by atoms with van der Waals surface area (Å²) < 4.78 is 0.691. The van der Waals surface area contributed by atoms with Crippen LogP contribution in [-0.2, 0) is 0 Å². The van der Waals surface area contributed by atoms with Gasteiger partial charge in [0.05, 0.1) is 0 Å². The van der Waals surface area contributed by atoms with Gasteiger partial charge in [-0.1, -0.05) is 0 Å². The predicted octanol–water partition coefficient (Wildman–Crippen LogP) is 3.40. The van der Waals surface area contributed by atoms with Gasteiger partial charge in [0.25, 0.3) is 0 Å². The van der Waals surface area contributed by atoms with Gasteiger partial charge in [-0.05, 0) is 0 Å². The first-order valence-corrected chi connectivity index (χ1v) is 10.6. The van der Waals surface area contributed by atoms with Crippen LogP contribution >= 0.6 is 0 Å². The predicted molar refractivity (Wildman–Crippen MR) is 66.4 cm³/mol. The molecule has 0 amide bonds. The summed E-state index contributed by atoms with van der Waals surface area (Å²) in [7, 11) is 0. The van der Waals surface area contributed by atoms with Crippen molar-refractivity contribution in [3.63, 3.8) is 0 Å². The fourth-order valence-corrected chi connectivity index (χ4v) is 9.27. The van der Waals surface area contributed by atoms with Gasteiger partial charge in [-0.2, -0.15) is 0 Å². The van der Waals surface area contributed by atoms with Crippen molar-refractivity contribution in [2.45, 2.75) is 61.0 Å². The van der Waals surface area contributed by atoms with E-state index in [1.807, 2.05) is 0 Å². The first-order chi connectivity index (χ1) is 6.21. The molecule has 0 aliphatic carbocycles. The van der Waals surface area contributed by atoms with E-state index in [0.717, 1.165) is 0 Å². The molecular formula is C12H26GaN. The quantitative estimate of drug-likeness (QED) is 0.599. The summed E-state index contributed by atoms with van der Waals surface area (Å²) in [6, 6.07) is 0. The second kappa shape index (κ2) is 4.23. The van der Waals surface area contributed by atoms with Crippen LogP contribution in [-0.4, -0.2) is 39.7 Å². The zero-order chi connectivity index (χ0) is 11.0. The van der Waals surface area contributed by atoms with Gasteiger partial charge in [0.1, 0.15) is 0 Å². The van der Waals surface area contributed by atoms with Crippen molar-refractivity contribution in [3.8, 4) is 0 Å². The average Bonchev–Trinajstić information content (AvgIpc) is 2.01. The van der Waals surface area contributed by atoms with Crippen LogP contribution in [0.3, 0.4) is 0 Å². The summed E-state index contributed by atoms with van der Waals surface area (Å²) in [6.07, 6.45) is 0. The van der Waals surface area contributed by atoms with Gasteiger partial charge >= 0.3 is 95.2 Å². The van der Waals surface area contributed by atoms with E-state index in [4.69, 9.17) is 0 Å². The fraction of sp³-hybridized carbons (Fsp3) is 1.00. The molecule has 0 atom stereocenters. The van der Waals surface area contributed by atoms with Gasteiger partial charge in [0.2, 0.25) is 0 Å². The number of nitrogens with zero attached hydrogens (tertiary/aromatic N) is 1. The van der Waals surface area contributed by atoms with Crippen molar-refractivity contribution in [3.05, 3.63) is 0 Å². The Morgan fingerprint density at radius 1 is 0.857 bits per heavy atom. The molecule has 14 heavy (non-hydrogen) atoms. The second-order valence-electron chi connectivity index (χ2n) is 6.80. The Labute approximate surface area is 95.3 Å².